The normalized spacial score (nSPS) is 19.8. The van der Waals surface area contributed by atoms with Gasteiger partial charge in [-0.2, -0.15) is 0 Å². The summed E-state index contributed by atoms with van der Waals surface area (Å²) in [5.74, 6) is -0.109. The molecule has 0 bridgehead atoms. The number of hydrogen-bond acceptors (Lipinski definition) is 3. The molecule has 0 radical (unpaired) electrons. The fourth-order valence-electron chi connectivity index (χ4n) is 2.33. The van der Waals surface area contributed by atoms with Crippen LogP contribution in [-0.4, -0.2) is 29.5 Å². The predicted octanol–water partition coefficient (Wildman–Crippen LogP) is 3.83. The molecule has 0 aromatic carbocycles. The highest BCUT2D eigenvalue weighted by molar-refractivity contribution is 5.93. The van der Waals surface area contributed by atoms with E-state index < -0.39 is 6.09 Å². The molecule has 1 unspecified atom stereocenters. The minimum absolute atomic E-state index is 0.109. The Bertz CT molecular complexity index is 399. The van der Waals surface area contributed by atoms with Crippen LogP contribution in [0.25, 0.3) is 0 Å². The van der Waals surface area contributed by atoms with E-state index in [1.165, 1.54) is 4.90 Å². The molecule has 0 aromatic heterocycles. The highest BCUT2D eigenvalue weighted by Crippen LogP contribution is 2.21. The molecule has 1 aliphatic heterocycles. The van der Waals surface area contributed by atoms with E-state index >= 15 is 0 Å². The van der Waals surface area contributed by atoms with Gasteiger partial charge < -0.3 is 4.74 Å². The maximum atomic E-state index is 12.2. The fraction of sp³-hybridized carbons (Fsp3) is 0.625. The van der Waals surface area contributed by atoms with E-state index in [9.17, 15) is 9.59 Å². The van der Waals surface area contributed by atoms with Gasteiger partial charge in [-0.15, -0.1) is 0 Å². The highest BCUT2D eigenvalue weighted by Gasteiger charge is 2.37. The molecule has 1 rings (SSSR count). The van der Waals surface area contributed by atoms with Crippen LogP contribution in [0.2, 0.25) is 0 Å². The summed E-state index contributed by atoms with van der Waals surface area (Å²) in [6, 6.07) is -0.168. The minimum atomic E-state index is -0.493. The van der Waals surface area contributed by atoms with Crippen molar-refractivity contribution >= 4 is 12.0 Å². The van der Waals surface area contributed by atoms with E-state index in [0.717, 1.165) is 24.8 Å². The third kappa shape index (κ3) is 4.51. The summed E-state index contributed by atoms with van der Waals surface area (Å²) < 4.78 is 5.04. The maximum Gasteiger partial charge on any atom is 0.416 e. The molecule has 1 fully saturated rings. The smallest absolute Gasteiger partial charge is 0.416 e. The van der Waals surface area contributed by atoms with Gasteiger partial charge in [0.15, 0.2) is 0 Å². The molecule has 4 nitrogen and oxygen atoms in total. The SMILES string of the molecule is CC=CC(=CC)CC1COC(=O)N1C(=O)CCCCC. The Hall–Kier alpha value is -1.58. The van der Waals surface area contributed by atoms with Crippen LogP contribution in [0, 0.1) is 0 Å². The molecule has 0 spiro atoms. The number of amides is 2. The van der Waals surface area contributed by atoms with E-state index in [1.54, 1.807) is 0 Å². The second kappa shape index (κ2) is 8.56. The molecule has 0 saturated carbocycles. The van der Waals surface area contributed by atoms with Crippen LogP contribution in [0.5, 0.6) is 0 Å². The van der Waals surface area contributed by atoms with Crippen molar-refractivity contribution in [2.45, 2.75) is 58.9 Å². The van der Waals surface area contributed by atoms with Crippen molar-refractivity contribution in [2.75, 3.05) is 6.61 Å². The molecule has 20 heavy (non-hydrogen) atoms. The van der Waals surface area contributed by atoms with Gasteiger partial charge >= 0.3 is 6.09 Å². The minimum Gasteiger partial charge on any atom is -0.447 e. The highest BCUT2D eigenvalue weighted by atomic mass is 16.6. The molecule has 0 N–H and O–H groups in total. The molecular formula is C16H25NO3. The number of ether oxygens (including phenoxy) is 1. The summed E-state index contributed by atoms with van der Waals surface area (Å²) in [6.45, 7) is 6.30. The Morgan fingerprint density at radius 1 is 1.40 bits per heavy atom. The number of imide groups is 1. The maximum absolute atomic E-state index is 12.2. The van der Waals surface area contributed by atoms with Crippen molar-refractivity contribution in [1.29, 1.82) is 0 Å². The number of nitrogens with zero attached hydrogens (tertiary/aromatic N) is 1. The van der Waals surface area contributed by atoms with E-state index in [-0.39, 0.29) is 11.9 Å². The Morgan fingerprint density at radius 2 is 2.15 bits per heavy atom. The number of carbonyl (C=O) groups excluding carboxylic acids is 2. The monoisotopic (exact) mass is 279 g/mol. The Labute approximate surface area is 121 Å². The molecule has 2 amide bonds. The van der Waals surface area contributed by atoms with Crippen LogP contribution in [0.15, 0.2) is 23.8 Å². The summed E-state index contributed by atoms with van der Waals surface area (Å²) in [7, 11) is 0. The van der Waals surface area contributed by atoms with Crippen molar-refractivity contribution in [2.24, 2.45) is 0 Å². The fourth-order valence-corrected chi connectivity index (χ4v) is 2.33. The largest absolute Gasteiger partial charge is 0.447 e. The van der Waals surface area contributed by atoms with E-state index in [4.69, 9.17) is 4.74 Å². The molecule has 0 aromatic rings. The topological polar surface area (TPSA) is 46.6 Å². The third-order valence-corrected chi connectivity index (χ3v) is 3.45. The molecular weight excluding hydrogens is 254 g/mol. The average Bonchev–Trinajstić information content (AvgIpc) is 2.79. The van der Waals surface area contributed by atoms with Crippen molar-refractivity contribution in [3.8, 4) is 0 Å². The van der Waals surface area contributed by atoms with Gasteiger partial charge in [0.05, 0.1) is 6.04 Å². The number of cyclic esters (lactones) is 1. The van der Waals surface area contributed by atoms with Crippen LogP contribution in [0.1, 0.15) is 52.9 Å². The van der Waals surface area contributed by atoms with Gasteiger partial charge in [-0.05, 0) is 26.7 Å². The zero-order valence-corrected chi connectivity index (χ0v) is 12.7. The van der Waals surface area contributed by atoms with Crippen LogP contribution in [0.4, 0.5) is 4.79 Å². The molecule has 4 heteroatoms. The van der Waals surface area contributed by atoms with Crippen molar-refractivity contribution in [3.05, 3.63) is 23.8 Å². The van der Waals surface area contributed by atoms with Crippen LogP contribution < -0.4 is 0 Å². The third-order valence-electron chi connectivity index (χ3n) is 3.45. The lowest BCUT2D eigenvalue weighted by Gasteiger charge is -2.20. The lowest BCUT2D eigenvalue weighted by atomic mass is 10.0. The predicted molar refractivity (Wildman–Crippen MR) is 79.3 cm³/mol. The second-order valence-corrected chi connectivity index (χ2v) is 5.02. The molecule has 0 aliphatic carbocycles. The number of carbonyl (C=O) groups is 2. The van der Waals surface area contributed by atoms with Crippen LogP contribution in [0.3, 0.4) is 0 Å². The molecule has 1 aliphatic rings. The van der Waals surface area contributed by atoms with Crippen molar-refractivity contribution in [3.63, 3.8) is 0 Å². The number of allylic oxidation sites excluding steroid dienone is 3. The number of hydrogen-bond donors (Lipinski definition) is 0. The van der Waals surface area contributed by atoms with Gasteiger partial charge in [0.1, 0.15) is 6.61 Å². The second-order valence-electron chi connectivity index (χ2n) is 5.02. The molecule has 112 valence electrons. The van der Waals surface area contributed by atoms with Crippen molar-refractivity contribution in [1.82, 2.24) is 4.90 Å². The number of rotatable bonds is 7. The van der Waals surface area contributed by atoms with E-state index in [1.807, 2.05) is 32.1 Å². The Kier molecular flexibility index (Phi) is 7.05. The summed E-state index contributed by atoms with van der Waals surface area (Å²) in [5.41, 5.74) is 1.11. The van der Waals surface area contributed by atoms with Gasteiger partial charge in [-0.1, -0.05) is 43.6 Å². The standard InChI is InChI=1S/C16H25NO3/c1-4-7-8-10-15(18)17-14(12-20-16(17)19)11-13(6-3)9-5-2/h5-6,9,14H,4,7-8,10-12H2,1-3H3. The lowest BCUT2D eigenvalue weighted by molar-refractivity contribution is -0.129. The van der Waals surface area contributed by atoms with Crippen LogP contribution in [-0.2, 0) is 9.53 Å². The zero-order valence-electron chi connectivity index (χ0n) is 12.7. The average molecular weight is 279 g/mol. The first-order valence-electron chi connectivity index (χ1n) is 7.40. The Morgan fingerprint density at radius 3 is 2.75 bits per heavy atom. The van der Waals surface area contributed by atoms with Gasteiger partial charge in [-0.3, -0.25) is 4.79 Å². The van der Waals surface area contributed by atoms with Gasteiger partial charge in [0.25, 0.3) is 0 Å². The summed E-state index contributed by atoms with van der Waals surface area (Å²) in [6.07, 6.45) is 9.46. The molecule has 1 atom stereocenters. The summed E-state index contributed by atoms with van der Waals surface area (Å²) in [4.78, 5) is 25.2. The molecule has 1 heterocycles. The quantitative estimate of drug-likeness (QED) is 0.525. The zero-order chi connectivity index (χ0) is 15.0. The lowest BCUT2D eigenvalue weighted by Crippen LogP contribution is -2.39. The Balaban J connectivity index is 2.66. The van der Waals surface area contributed by atoms with Gasteiger partial charge in [-0.25, -0.2) is 9.69 Å². The van der Waals surface area contributed by atoms with Crippen LogP contribution >= 0.6 is 0 Å². The van der Waals surface area contributed by atoms with Crippen molar-refractivity contribution < 1.29 is 14.3 Å². The first-order valence-corrected chi connectivity index (χ1v) is 7.40. The van der Waals surface area contributed by atoms with E-state index in [2.05, 4.69) is 6.92 Å². The summed E-state index contributed by atoms with van der Waals surface area (Å²) >= 11 is 0. The van der Waals surface area contributed by atoms with E-state index in [0.29, 0.717) is 19.4 Å². The van der Waals surface area contributed by atoms with Gasteiger partial charge in [0, 0.05) is 6.42 Å². The first-order chi connectivity index (χ1) is 9.63. The summed E-state index contributed by atoms with van der Waals surface area (Å²) in [5, 5.41) is 0. The number of unbranched alkanes of at least 4 members (excludes halogenated alkanes) is 2. The first kappa shape index (κ1) is 16.5. The molecule has 1 saturated heterocycles. The van der Waals surface area contributed by atoms with Gasteiger partial charge in [0.2, 0.25) is 5.91 Å².